The van der Waals surface area contributed by atoms with Gasteiger partial charge in [0.1, 0.15) is 5.00 Å². The molecule has 10 heteroatoms. The lowest BCUT2D eigenvalue weighted by Gasteiger charge is -2.07. The number of hydrogen-bond donors (Lipinski definition) is 1. The van der Waals surface area contributed by atoms with Crippen LogP contribution in [0, 0.1) is 6.92 Å². The van der Waals surface area contributed by atoms with Crippen LogP contribution in [0.3, 0.4) is 0 Å². The highest BCUT2D eigenvalue weighted by Gasteiger charge is 2.23. The van der Waals surface area contributed by atoms with Crippen LogP contribution in [0.1, 0.15) is 34.6 Å². The number of thiophene rings is 1. The zero-order valence-corrected chi connectivity index (χ0v) is 18.9. The van der Waals surface area contributed by atoms with Crippen LogP contribution in [0.15, 0.2) is 29.7 Å². The number of rotatable bonds is 8. The van der Waals surface area contributed by atoms with Crippen molar-refractivity contribution in [2.45, 2.75) is 32.3 Å². The van der Waals surface area contributed by atoms with Gasteiger partial charge in [-0.05, 0) is 38.0 Å². The molecular formula is C20H23N5O3S2. The fourth-order valence-electron chi connectivity index (χ4n) is 2.92. The Hall–Kier alpha value is -2.72. The number of aromatic nitrogens is 4. The Morgan fingerprint density at radius 3 is 2.63 bits per heavy atom. The van der Waals surface area contributed by atoms with Crippen LogP contribution in [-0.4, -0.2) is 44.0 Å². The summed E-state index contributed by atoms with van der Waals surface area (Å²) in [5.41, 5.74) is 2.20. The third-order valence-electron chi connectivity index (χ3n) is 4.40. The molecule has 0 aliphatic rings. The maximum Gasteiger partial charge on any atom is 0.341 e. The minimum absolute atomic E-state index is 0.142. The van der Waals surface area contributed by atoms with Crippen LogP contribution < -0.4 is 5.32 Å². The molecule has 0 aliphatic carbocycles. The van der Waals surface area contributed by atoms with Crippen LogP contribution in [0.2, 0.25) is 0 Å². The van der Waals surface area contributed by atoms with Gasteiger partial charge in [-0.3, -0.25) is 9.78 Å². The molecule has 0 fully saturated rings. The maximum absolute atomic E-state index is 12.6. The van der Waals surface area contributed by atoms with Gasteiger partial charge in [0, 0.05) is 29.9 Å². The molecule has 0 saturated heterocycles. The smallest absolute Gasteiger partial charge is 0.341 e. The molecule has 0 aliphatic heterocycles. The number of thioether (sulfide) groups is 1. The predicted octanol–water partition coefficient (Wildman–Crippen LogP) is 3.72. The summed E-state index contributed by atoms with van der Waals surface area (Å²) in [6.45, 7) is 5.94. The van der Waals surface area contributed by atoms with E-state index >= 15 is 0 Å². The van der Waals surface area contributed by atoms with Crippen molar-refractivity contribution < 1.29 is 14.3 Å². The van der Waals surface area contributed by atoms with Gasteiger partial charge in [-0.25, -0.2) is 4.79 Å². The van der Waals surface area contributed by atoms with Gasteiger partial charge in [-0.2, -0.15) is 0 Å². The van der Waals surface area contributed by atoms with E-state index in [1.54, 1.807) is 19.3 Å². The number of pyridine rings is 1. The summed E-state index contributed by atoms with van der Waals surface area (Å²) in [6.07, 6.45) is 4.17. The molecule has 3 aromatic rings. The predicted molar refractivity (Wildman–Crippen MR) is 118 cm³/mol. The molecule has 30 heavy (non-hydrogen) atoms. The fraction of sp³-hybridized carbons (Fsp3) is 0.350. The maximum atomic E-state index is 12.6. The van der Waals surface area contributed by atoms with E-state index in [4.69, 9.17) is 4.74 Å². The lowest BCUT2D eigenvalue weighted by atomic mass is 10.1. The number of nitrogens with zero attached hydrogens (tertiary/aromatic N) is 4. The third-order valence-corrected chi connectivity index (χ3v) is 6.78. The molecule has 158 valence electrons. The van der Waals surface area contributed by atoms with Gasteiger partial charge in [0.2, 0.25) is 5.91 Å². The van der Waals surface area contributed by atoms with Crippen molar-refractivity contribution in [3.8, 4) is 11.4 Å². The van der Waals surface area contributed by atoms with E-state index in [1.807, 2.05) is 37.6 Å². The zero-order chi connectivity index (χ0) is 21.7. The van der Waals surface area contributed by atoms with E-state index < -0.39 is 5.97 Å². The number of hydrogen-bond acceptors (Lipinski definition) is 8. The first-order valence-electron chi connectivity index (χ1n) is 9.48. The lowest BCUT2D eigenvalue weighted by molar-refractivity contribution is -0.113. The summed E-state index contributed by atoms with van der Waals surface area (Å²) < 4.78 is 7.00. The Morgan fingerprint density at radius 1 is 1.23 bits per heavy atom. The van der Waals surface area contributed by atoms with Gasteiger partial charge in [-0.15, -0.1) is 21.5 Å². The molecule has 3 heterocycles. The van der Waals surface area contributed by atoms with E-state index in [9.17, 15) is 9.59 Å². The molecule has 0 atom stereocenters. The molecule has 8 nitrogen and oxygen atoms in total. The standard InChI is InChI=1S/C20H23N5O3S2/c1-5-14-12(3)16(19(27)28-6-2)18(30-14)22-15(26)11-29-20-24-23-17(25(20)4)13-7-9-21-10-8-13/h7-10H,5-6,11H2,1-4H3,(H,22,26). The number of ether oxygens (including phenoxy) is 1. The van der Waals surface area contributed by atoms with E-state index in [0.29, 0.717) is 21.5 Å². The van der Waals surface area contributed by atoms with Crippen molar-refractivity contribution >= 4 is 40.0 Å². The molecular weight excluding hydrogens is 422 g/mol. The van der Waals surface area contributed by atoms with Gasteiger partial charge < -0.3 is 14.6 Å². The topological polar surface area (TPSA) is 99.0 Å². The number of carbonyl (C=O) groups excluding carboxylic acids is 2. The summed E-state index contributed by atoms with van der Waals surface area (Å²) in [6, 6.07) is 3.71. The Kier molecular flexibility index (Phi) is 7.22. The zero-order valence-electron chi connectivity index (χ0n) is 17.3. The van der Waals surface area contributed by atoms with Gasteiger partial charge in [0.25, 0.3) is 0 Å². The highest BCUT2D eigenvalue weighted by molar-refractivity contribution is 7.99. The SMILES string of the molecule is CCOC(=O)c1c(NC(=O)CSc2nnc(-c3ccncc3)n2C)sc(CC)c1C. The molecule has 1 amide bonds. The Balaban J connectivity index is 1.70. The summed E-state index contributed by atoms with van der Waals surface area (Å²) in [4.78, 5) is 30.0. The highest BCUT2D eigenvalue weighted by Crippen LogP contribution is 2.34. The minimum atomic E-state index is -0.413. The number of amides is 1. The van der Waals surface area contributed by atoms with Crippen LogP contribution in [-0.2, 0) is 23.0 Å². The quantitative estimate of drug-likeness (QED) is 0.417. The van der Waals surface area contributed by atoms with E-state index in [1.165, 1.54) is 23.1 Å². The minimum Gasteiger partial charge on any atom is -0.462 e. The molecule has 3 rings (SSSR count). The Bertz CT molecular complexity index is 1050. The molecule has 0 radical (unpaired) electrons. The van der Waals surface area contributed by atoms with Crippen LogP contribution in [0.4, 0.5) is 5.00 Å². The monoisotopic (exact) mass is 445 g/mol. The number of nitrogens with one attached hydrogen (secondary N) is 1. The molecule has 0 bridgehead atoms. The summed E-state index contributed by atoms with van der Waals surface area (Å²) in [7, 11) is 1.85. The second-order valence-corrected chi connectivity index (χ2v) is 8.41. The highest BCUT2D eigenvalue weighted by atomic mass is 32.2. The molecule has 0 aromatic carbocycles. The lowest BCUT2D eigenvalue weighted by Crippen LogP contribution is -2.16. The first kappa shape index (κ1) is 22.0. The van der Waals surface area contributed by atoms with Crippen molar-refractivity contribution in [1.82, 2.24) is 19.7 Å². The van der Waals surface area contributed by atoms with Crippen molar-refractivity contribution in [1.29, 1.82) is 0 Å². The second-order valence-electron chi connectivity index (χ2n) is 6.37. The number of anilines is 1. The Labute approximate surface area is 183 Å². The molecule has 1 N–H and O–H groups in total. The average molecular weight is 446 g/mol. The first-order valence-corrected chi connectivity index (χ1v) is 11.3. The largest absolute Gasteiger partial charge is 0.462 e. The van der Waals surface area contributed by atoms with Crippen LogP contribution >= 0.6 is 23.1 Å². The fourth-order valence-corrected chi connectivity index (χ4v) is 4.78. The number of aryl methyl sites for hydroxylation is 1. The first-order chi connectivity index (χ1) is 14.5. The average Bonchev–Trinajstić information content (AvgIpc) is 3.26. The van der Waals surface area contributed by atoms with Crippen LogP contribution in [0.25, 0.3) is 11.4 Å². The van der Waals surface area contributed by atoms with E-state index in [-0.39, 0.29) is 18.3 Å². The molecule has 0 spiro atoms. The summed E-state index contributed by atoms with van der Waals surface area (Å²) >= 11 is 2.70. The van der Waals surface area contributed by atoms with Crippen molar-refractivity contribution in [3.63, 3.8) is 0 Å². The van der Waals surface area contributed by atoms with Gasteiger partial charge in [0.05, 0.1) is 17.9 Å². The van der Waals surface area contributed by atoms with Crippen molar-refractivity contribution in [3.05, 3.63) is 40.5 Å². The second kappa shape index (κ2) is 9.86. The molecule has 0 unspecified atom stereocenters. The third kappa shape index (κ3) is 4.71. The number of carbonyl (C=O) groups is 2. The summed E-state index contributed by atoms with van der Waals surface area (Å²) in [5.74, 6) is 0.210. The summed E-state index contributed by atoms with van der Waals surface area (Å²) in [5, 5.41) is 12.4. The van der Waals surface area contributed by atoms with Crippen molar-refractivity contribution in [2.75, 3.05) is 17.7 Å². The van der Waals surface area contributed by atoms with E-state index in [2.05, 4.69) is 20.5 Å². The van der Waals surface area contributed by atoms with Gasteiger partial charge in [-0.1, -0.05) is 18.7 Å². The van der Waals surface area contributed by atoms with Gasteiger partial charge in [0.15, 0.2) is 11.0 Å². The van der Waals surface area contributed by atoms with Gasteiger partial charge >= 0.3 is 5.97 Å². The molecule has 3 aromatic heterocycles. The normalized spacial score (nSPS) is 10.8. The Morgan fingerprint density at radius 2 is 1.97 bits per heavy atom. The number of esters is 1. The van der Waals surface area contributed by atoms with Crippen LogP contribution in [0.5, 0.6) is 0 Å². The molecule has 0 saturated carbocycles. The van der Waals surface area contributed by atoms with E-state index in [0.717, 1.165) is 22.4 Å². The van der Waals surface area contributed by atoms with Crippen molar-refractivity contribution in [2.24, 2.45) is 7.05 Å².